The van der Waals surface area contributed by atoms with E-state index in [0.717, 1.165) is 0 Å². The van der Waals surface area contributed by atoms with E-state index in [1.54, 1.807) is 6.92 Å². The molecule has 0 radical (unpaired) electrons. The first-order valence-corrected chi connectivity index (χ1v) is 6.37. The zero-order chi connectivity index (χ0) is 14.1. The minimum Gasteiger partial charge on any atom is -0.461 e. The largest absolute Gasteiger partial charge is 0.461 e. The average molecular weight is 269 g/mol. The molecule has 1 atom stereocenters. The molecule has 1 aromatic heterocycles. The van der Waals surface area contributed by atoms with Crippen LogP contribution in [-0.2, 0) is 15.1 Å². The van der Waals surface area contributed by atoms with Crippen molar-refractivity contribution >= 4 is 5.97 Å². The highest BCUT2D eigenvalue weighted by Gasteiger charge is 2.43. The average Bonchev–Trinajstić information content (AvgIpc) is 2.77. The molecular weight excluding hydrogens is 250 g/mol. The van der Waals surface area contributed by atoms with Gasteiger partial charge < -0.3 is 19.1 Å². The van der Waals surface area contributed by atoms with Crippen molar-refractivity contribution < 1.29 is 23.9 Å². The van der Waals surface area contributed by atoms with Gasteiger partial charge in [0.25, 0.3) is 0 Å². The van der Waals surface area contributed by atoms with Crippen LogP contribution in [0.15, 0.2) is 10.6 Å². The van der Waals surface area contributed by atoms with E-state index in [-0.39, 0.29) is 18.1 Å². The summed E-state index contributed by atoms with van der Waals surface area (Å²) in [6.45, 7) is 6.22. The second-order valence-electron chi connectivity index (χ2n) is 5.36. The first kappa shape index (κ1) is 14.0. The number of hydrogen-bond acceptors (Lipinski definition) is 6. The van der Waals surface area contributed by atoms with Crippen molar-refractivity contribution in [3.8, 4) is 0 Å². The van der Waals surface area contributed by atoms with E-state index in [1.807, 2.05) is 13.8 Å². The van der Waals surface area contributed by atoms with E-state index in [2.05, 4.69) is 5.16 Å². The molecule has 0 aliphatic carbocycles. The molecule has 1 aromatic rings. The molecule has 19 heavy (non-hydrogen) atoms. The Kier molecular flexibility index (Phi) is 3.64. The quantitative estimate of drug-likeness (QED) is 0.840. The van der Waals surface area contributed by atoms with Crippen molar-refractivity contribution in [3.05, 3.63) is 17.5 Å². The van der Waals surface area contributed by atoms with Gasteiger partial charge in [-0.2, -0.15) is 0 Å². The van der Waals surface area contributed by atoms with Crippen molar-refractivity contribution in [1.29, 1.82) is 0 Å². The van der Waals surface area contributed by atoms with Gasteiger partial charge in [-0.15, -0.1) is 0 Å². The third-order valence-electron chi connectivity index (χ3n) is 3.18. The minimum atomic E-state index is -1.15. The van der Waals surface area contributed by atoms with E-state index in [1.165, 1.54) is 6.07 Å². The van der Waals surface area contributed by atoms with Gasteiger partial charge in [0.2, 0.25) is 0 Å². The Hall–Kier alpha value is -1.40. The molecule has 0 saturated carbocycles. The number of esters is 1. The molecule has 6 heteroatoms. The SMILES string of the molecule is CCOC(=O)c1cc([C@]2(O)CCOC(C)(C)C2)on1. The number of ether oxygens (including phenoxy) is 2. The number of hydrogen-bond donors (Lipinski definition) is 1. The van der Waals surface area contributed by atoms with Crippen molar-refractivity contribution in [2.75, 3.05) is 13.2 Å². The van der Waals surface area contributed by atoms with Gasteiger partial charge in [-0.1, -0.05) is 5.16 Å². The number of carbonyl (C=O) groups is 1. The van der Waals surface area contributed by atoms with Crippen molar-refractivity contribution in [1.82, 2.24) is 5.16 Å². The Bertz CT molecular complexity index is 467. The molecule has 2 rings (SSSR count). The van der Waals surface area contributed by atoms with Gasteiger partial charge in [-0.25, -0.2) is 4.79 Å². The van der Waals surface area contributed by atoms with E-state index >= 15 is 0 Å². The third-order valence-corrected chi connectivity index (χ3v) is 3.18. The van der Waals surface area contributed by atoms with E-state index in [4.69, 9.17) is 14.0 Å². The molecule has 0 amide bonds. The maximum Gasteiger partial charge on any atom is 0.360 e. The van der Waals surface area contributed by atoms with Gasteiger partial charge in [-0.3, -0.25) is 0 Å². The van der Waals surface area contributed by atoms with Gasteiger partial charge in [0, 0.05) is 18.9 Å². The lowest BCUT2D eigenvalue weighted by Gasteiger charge is -2.39. The standard InChI is InChI=1S/C13H19NO5/c1-4-17-11(15)9-7-10(19-14-9)13(16)5-6-18-12(2,3)8-13/h7,16H,4-6,8H2,1-3H3/t13-/m0/s1. The van der Waals surface area contributed by atoms with Crippen LogP contribution < -0.4 is 0 Å². The fraction of sp³-hybridized carbons (Fsp3) is 0.692. The fourth-order valence-electron chi connectivity index (χ4n) is 2.35. The maximum atomic E-state index is 11.5. The molecule has 2 heterocycles. The second-order valence-corrected chi connectivity index (χ2v) is 5.36. The molecule has 0 unspecified atom stereocenters. The van der Waals surface area contributed by atoms with Crippen LogP contribution >= 0.6 is 0 Å². The smallest absolute Gasteiger partial charge is 0.360 e. The van der Waals surface area contributed by atoms with Crippen molar-refractivity contribution in [3.63, 3.8) is 0 Å². The van der Waals surface area contributed by atoms with Crippen LogP contribution in [0, 0.1) is 0 Å². The number of carbonyl (C=O) groups excluding carboxylic acids is 1. The number of rotatable bonds is 3. The molecule has 1 aliphatic heterocycles. The summed E-state index contributed by atoms with van der Waals surface area (Å²) in [7, 11) is 0. The lowest BCUT2D eigenvalue weighted by atomic mass is 9.82. The number of aromatic nitrogens is 1. The van der Waals surface area contributed by atoms with Crippen molar-refractivity contribution in [2.24, 2.45) is 0 Å². The van der Waals surface area contributed by atoms with Gasteiger partial charge in [0.1, 0.15) is 5.60 Å². The summed E-state index contributed by atoms with van der Waals surface area (Å²) in [5.41, 5.74) is -1.52. The molecule has 0 spiro atoms. The van der Waals surface area contributed by atoms with Crippen LogP contribution in [0.2, 0.25) is 0 Å². The van der Waals surface area contributed by atoms with Crippen LogP contribution in [0.5, 0.6) is 0 Å². The number of aliphatic hydroxyl groups is 1. The lowest BCUT2D eigenvalue weighted by molar-refractivity contribution is -0.156. The highest BCUT2D eigenvalue weighted by atomic mass is 16.5. The molecule has 1 saturated heterocycles. The van der Waals surface area contributed by atoms with Gasteiger partial charge in [-0.05, 0) is 20.8 Å². The van der Waals surface area contributed by atoms with E-state index in [9.17, 15) is 9.90 Å². The number of nitrogens with zero attached hydrogens (tertiary/aromatic N) is 1. The summed E-state index contributed by atoms with van der Waals surface area (Å²) in [4.78, 5) is 11.5. The molecule has 0 aromatic carbocycles. The highest BCUT2D eigenvalue weighted by molar-refractivity contribution is 5.87. The predicted molar refractivity (Wildman–Crippen MR) is 65.6 cm³/mol. The second kappa shape index (κ2) is 4.94. The molecule has 1 N–H and O–H groups in total. The topological polar surface area (TPSA) is 81.8 Å². The van der Waals surface area contributed by atoms with Crippen LogP contribution in [0.4, 0.5) is 0 Å². The monoisotopic (exact) mass is 269 g/mol. The van der Waals surface area contributed by atoms with E-state index in [0.29, 0.717) is 19.4 Å². The van der Waals surface area contributed by atoms with Crippen molar-refractivity contribution in [2.45, 2.75) is 44.8 Å². The predicted octanol–water partition coefficient (Wildman–Crippen LogP) is 1.63. The first-order valence-electron chi connectivity index (χ1n) is 6.37. The van der Waals surface area contributed by atoms with Gasteiger partial charge in [0.15, 0.2) is 11.5 Å². The van der Waals surface area contributed by atoms with Gasteiger partial charge in [0.05, 0.1) is 18.8 Å². The lowest BCUT2D eigenvalue weighted by Crippen LogP contribution is -2.43. The summed E-state index contributed by atoms with van der Waals surface area (Å²) >= 11 is 0. The summed E-state index contributed by atoms with van der Waals surface area (Å²) in [6, 6.07) is 1.44. The normalized spacial score (nSPS) is 26.1. The third kappa shape index (κ3) is 2.96. The molecule has 1 fully saturated rings. The Balaban J connectivity index is 2.19. The Morgan fingerprint density at radius 2 is 2.32 bits per heavy atom. The molecule has 0 bridgehead atoms. The Labute approximate surface area is 111 Å². The minimum absolute atomic E-state index is 0.0783. The summed E-state index contributed by atoms with van der Waals surface area (Å²) < 4.78 is 15.5. The zero-order valence-electron chi connectivity index (χ0n) is 11.4. The van der Waals surface area contributed by atoms with Crippen LogP contribution in [0.1, 0.15) is 49.9 Å². The Morgan fingerprint density at radius 1 is 1.58 bits per heavy atom. The van der Waals surface area contributed by atoms with Crippen LogP contribution in [0.25, 0.3) is 0 Å². The molecular formula is C13H19NO5. The summed E-state index contributed by atoms with van der Waals surface area (Å²) in [6.07, 6.45) is 0.797. The van der Waals surface area contributed by atoms with Gasteiger partial charge >= 0.3 is 5.97 Å². The zero-order valence-corrected chi connectivity index (χ0v) is 11.4. The molecule has 106 valence electrons. The summed E-state index contributed by atoms with van der Waals surface area (Å²) in [5, 5.41) is 14.3. The highest BCUT2D eigenvalue weighted by Crippen LogP contribution is 2.39. The Morgan fingerprint density at radius 3 is 2.95 bits per heavy atom. The fourth-order valence-corrected chi connectivity index (χ4v) is 2.35. The van der Waals surface area contributed by atoms with Crippen LogP contribution in [-0.4, -0.2) is 35.0 Å². The summed E-state index contributed by atoms with van der Waals surface area (Å²) in [5.74, 6) is -0.264. The molecule has 6 nitrogen and oxygen atoms in total. The van der Waals surface area contributed by atoms with Crippen LogP contribution in [0.3, 0.4) is 0 Å². The van der Waals surface area contributed by atoms with E-state index < -0.39 is 17.2 Å². The first-order chi connectivity index (χ1) is 8.86. The molecule has 1 aliphatic rings. The maximum absolute atomic E-state index is 11.5.